The molecule has 0 aromatic heterocycles. The van der Waals surface area contributed by atoms with Gasteiger partial charge in [-0.1, -0.05) is 6.08 Å². The van der Waals surface area contributed by atoms with Crippen LogP contribution in [0.2, 0.25) is 0 Å². The van der Waals surface area contributed by atoms with Crippen LogP contribution in [0.15, 0.2) is 12.7 Å². The molecule has 82 valence electrons. The third-order valence-corrected chi connectivity index (χ3v) is 1.82. The van der Waals surface area contributed by atoms with E-state index in [9.17, 15) is 18.0 Å². The molecular formula is C8H12F3NO2. The number of hydrogen-bond donors (Lipinski definition) is 2. The van der Waals surface area contributed by atoms with Crippen LogP contribution in [0.3, 0.4) is 0 Å². The highest BCUT2D eigenvalue weighted by Crippen LogP contribution is 2.30. The monoisotopic (exact) mass is 211 g/mol. The zero-order chi connectivity index (χ0) is 11.4. The maximum Gasteiger partial charge on any atom is 0.417 e. The molecule has 0 aliphatic carbocycles. The van der Waals surface area contributed by atoms with Gasteiger partial charge in [-0.05, 0) is 19.9 Å². The second-order valence-electron chi connectivity index (χ2n) is 2.93. The third-order valence-electron chi connectivity index (χ3n) is 1.82. The highest BCUT2D eigenvalue weighted by atomic mass is 19.4. The Morgan fingerprint density at radius 1 is 1.57 bits per heavy atom. The molecule has 0 spiro atoms. The molecule has 1 unspecified atom stereocenters. The molecule has 0 aliphatic rings. The molecule has 0 aromatic rings. The molecule has 6 heteroatoms. The van der Waals surface area contributed by atoms with E-state index >= 15 is 0 Å². The molecule has 1 atom stereocenters. The van der Waals surface area contributed by atoms with Crippen molar-refractivity contribution in [1.29, 1.82) is 0 Å². The van der Waals surface area contributed by atoms with Gasteiger partial charge < -0.3 is 5.11 Å². The molecule has 3 nitrogen and oxygen atoms in total. The molecule has 0 amide bonds. The third kappa shape index (κ3) is 2.73. The van der Waals surface area contributed by atoms with Gasteiger partial charge >= 0.3 is 12.1 Å². The van der Waals surface area contributed by atoms with E-state index in [1.807, 2.05) is 5.32 Å². The summed E-state index contributed by atoms with van der Waals surface area (Å²) in [6.07, 6.45) is -3.13. The largest absolute Gasteiger partial charge is 0.480 e. The first-order valence-corrected chi connectivity index (χ1v) is 3.91. The number of carbonyl (C=O) groups is 1. The van der Waals surface area contributed by atoms with Crippen LogP contribution in [0.25, 0.3) is 0 Å². The summed E-state index contributed by atoms with van der Waals surface area (Å²) >= 11 is 0. The van der Waals surface area contributed by atoms with Gasteiger partial charge in [-0.15, -0.1) is 6.58 Å². The zero-order valence-electron chi connectivity index (χ0n) is 7.69. The number of carboxylic acids is 1. The lowest BCUT2D eigenvalue weighted by molar-refractivity contribution is -0.205. The van der Waals surface area contributed by atoms with Gasteiger partial charge in [-0.3, -0.25) is 5.32 Å². The molecule has 0 aromatic carbocycles. The van der Waals surface area contributed by atoms with Gasteiger partial charge in [0.15, 0.2) is 0 Å². The van der Waals surface area contributed by atoms with Crippen LogP contribution in [0.4, 0.5) is 13.2 Å². The number of carboxylic acid groups (broad SMARTS) is 1. The van der Waals surface area contributed by atoms with Gasteiger partial charge in [0.1, 0.15) is 0 Å². The van der Waals surface area contributed by atoms with Crippen molar-refractivity contribution in [1.82, 2.24) is 5.32 Å². The molecule has 0 aliphatic heterocycles. The second kappa shape index (κ2) is 4.45. The maximum absolute atomic E-state index is 12.3. The lowest BCUT2D eigenvalue weighted by Crippen LogP contribution is -2.60. The number of aliphatic carboxylic acids is 1. The Labute approximate surface area is 79.6 Å². The highest BCUT2D eigenvalue weighted by Gasteiger charge is 2.56. The van der Waals surface area contributed by atoms with E-state index in [0.717, 1.165) is 0 Å². The minimum atomic E-state index is -4.82. The van der Waals surface area contributed by atoms with Crippen molar-refractivity contribution in [2.45, 2.75) is 25.1 Å². The molecule has 0 rings (SSSR count). The molecule has 0 saturated carbocycles. The van der Waals surface area contributed by atoms with Crippen LogP contribution in [0.1, 0.15) is 13.3 Å². The summed E-state index contributed by atoms with van der Waals surface area (Å²) in [5.41, 5.74) is -2.89. The van der Waals surface area contributed by atoms with E-state index < -0.39 is 17.7 Å². The first kappa shape index (κ1) is 13.0. The van der Waals surface area contributed by atoms with Crippen LogP contribution in [0.5, 0.6) is 0 Å². The van der Waals surface area contributed by atoms with Crippen molar-refractivity contribution in [3.05, 3.63) is 12.7 Å². The summed E-state index contributed by atoms with van der Waals surface area (Å²) in [6.45, 7) is 3.84. The Kier molecular flexibility index (Phi) is 4.12. The Hall–Kier alpha value is -1.04. The smallest absolute Gasteiger partial charge is 0.417 e. The number of rotatable bonds is 5. The van der Waals surface area contributed by atoms with E-state index in [1.165, 1.54) is 6.08 Å². The molecule has 14 heavy (non-hydrogen) atoms. The average molecular weight is 211 g/mol. The lowest BCUT2D eigenvalue weighted by atomic mass is 10.0. The highest BCUT2D eigenvalue weighted by molar-refractivity contribution is 5.79. The van der Waals surface area contributed by atoms with Gasteiger partial charge in [0.25, 0.3) is 0 Å². The summed E-state index contributed by atoms with van der Waals surface area (Å²) in [5.74, 6) is -1.94. The van der Waals surface area contributed by atoms with Crippen molar-refractivity contribution in [2.75, 3.05) is 6.54 Å². The predicted molar refractivity (Wildman–Crippen MR) is 44.9 cm³/mol. The SMILES string of the molecule is C=CCCNC(C)(C(=O)O)C(F)(F)F. The molecule has 0 fully saturated rings. The lowest BCUT2D eigenvalue weighted by Gasteiger charge is -2.28. The van der Waals surface area contributed by atoms with Crippen molar-refractivity contribution in [3.63, 3.8) is 0 Å². The fourth-order valence-corrected chi connectivity index (χ4v) is 0.721. The normalized spacial score (nSPS) is 16.0. The van der Waals surface area contributed by atoms with Crippen molar-refractivity contribution >= 4 is 5.97 Å². The Balaban J connectivity index is 4.57. The zero-order valence-corrected chi connectivity index (χ0v) is 7.69. The molecule has 0 saturated heterocycles. The van der Waals surface area contributed by atoms with Crippen LogP contribution in [0, 0.1) is 0 Å². The van der Waals surface area contributed by atoms with E-state index in [-0.39, 0.29) is 13.0 Å². The minimum Gasteiger partial charge on any atom is -0.480 e. The van der Waals surface area contributed by atoms with Crippen molar-refractivity contribution < 1.29 is 23.1 Å². The van der Waals surface area contributed by atoms with E-state index in [1.54, 1.807) is 0 Å². The Bertz CT molecular complexity index is 227. The number of halogens is 3. The van der Waals surface area contributed by atoms with Gasteiger partial charge in [0.2, 0.25) is 5.54 Å². The Morgan fingerprint density at radius 2 is 2.07 bits per heavy atom. The van der Waals surface area contributed by atoms with E-state index in [2.05, 4.69) is 6.58 Å². The van der Waals surface area contributed by atoms with Crippen LogP contribution in [-0.2, 0) is 4.79 Å². The number of nitrogens with one attached hydrogen (secondary N) is 1. The first-order valence-electron chi connectivity index (χ1n) is 3.91. The van der Waals surface area contributed by atoms with E-state index in [0.29, 0.717) is 6.92 Å². The number of alkyl halides is 3. The maximum atomic E-state index is 12.3. The summed E-state index contributed by atoms with van der Waals surface area (Å²) in [5, 5.41) is 10.4. The average Bonchev–Trinajstić information content (AvgIpc) is 2.02. The minimum absolute atomic E-state index is 0.0776. The molecule has 2 N–H and O–H groups in total. The van der Waals surface area contributed by atoms with Crippen molar-refractivity contribution in [2.24, 2.45) is 0 Å². The second-order valence-corrected chi connectivity index (χ2v) is 2.93. The molecular weight excluding hydrogens is 199 g/mol. The summed E-state index contributed by atoms with van der Waals surface area (Å²) in [4.78, 5) is 10.5. The molecule has 0 bridgehead atoms. The van der Waals surface area contributed by atoms with Crippen LogP contribution >= 0.6 is 0 Å². The summed E-state index contributed by atoms with van der Waals surface area (Å²) in [6, 6.07) is 0. The van der Waals surface area contributed by atoms with Gasteiger partial charge in [-0.25, -0.2) is 4.79 Å². The van der Waals surface area contributed by atoms with Gasteiger partial charge in [0, 0.05) is 0 Å². The van der Waals surface area contributed by atoms with E-state index in [4.69, 9.17) is 5.11 Å². The van der Waals surface area contributed by atoms with Crippen LogP contribution < -0.4 is 5.32 Å². The molecule has 0 radical (unpaired) electrons. The fourth-order valence-electron chi connectivity index (χ4n) is 0.721. The molecule has 0 heterocycles. The van der Waals surface area contributed by atoms with Crippen molar-refractivity contribution in [3.8, 4) is 0 Å². The fraction of sp³-hybridized carbons (Fsp3) is 0.625. The van der Waals surface area contributed by atoms with Gasteiger partial charge in [0.05, 0.1) is 0 Å². The Morgan fingerprint density at radius 3 is 2.36 bits per heavy atom. The predicted octanol–water partition coefficient (Wildman–Crippen LogP) is 1.56. The summed E-state index contributed by atoms with van der Waals surface area (Å²) in [7, 11) is 0. The standard InChI is InChI=1S/C8H12F3NO2/c1-3-4-5-12-7(2,6(13)14)8(9,10)11/h3,12H,1,4-5H2,2H3,(H,13,14). The first-order chi connectivity index (χ1) is 6.25. The van der Waals surface area contributed by atoms with Crippen LogP contribution in [-0.4, -0.2) is 29.3 Å². The quantitative estimate of drug-likeness (QED) is 0.536. The number of hydrogen-bond acceptors (Lipinski definition) is 2. The van der Waals surface area contributed by atoms with Gasteiger partial charge in [-0.2, -0.15) is 13.2 Å². The topological polar surface area (TPSA) is 49.3 Å². The summed E-state index contributed by atoms with van der Waals surface area (Å²) < 4.78 is 36.9.